The van der Waals surface area contributed by atoms with E-state index < -0.39 is 0 Å². The first-order valence-electron chi connectivity index (χ1n) is 4.29. The van der Waals surface area contributed by atoms with Crippen LogP contribution in [-0.2, 0) is 0 Å². The van der Waals surface area contributed by atoms with E-state index in [2.05, 4.69) is 0 Å². The first kappa shape index (κ1) is 9.22. The Morgan fingerprint density at radius 2 is 2.21 bits per heavy atom. The number of hydrogen-bond acceptors (Lipinski definition) is 4. The SMILES string of the molecule is N#CSC[C@H]1COc2ccccc2O1. The molecule has 0 aliphatic carbocycles. The van der Waals surface area contributed by atoms with Crippen molar-refractivity contribution in [3.8, 4) is 16.9 Å². The van der Waals surface area contributed by atoms with E-state index in [1.807, 2.05) is 29.7 Å². The monoisotopic (exact) mass is 207 g/mol. The molecular formula is C10H9NO2S. The second-order valence-corrected chi connectivity index (χ2v) is 3.70. The van der Waals surface area contributed by atoms with Crippen molar-refractivity contribution < 1.29 is 9.47 Å². The molecule has 1 aliphatic heterocycles. The molecule has 0 spiro atoms. The van der Waals surface area contributed by atoms with Gasteiger partial charge >= 0.3 is 0 Å². The molecule has 1 aromatic carbocycles. The van der Waals surface area contributed by atoms with Crippen LogP contribution < -0.4 is 9.47 Å². The Labute approximate surface area is 86.6 Å². The molecule has 0 saturated carbocycles. The van der Waals surface area contributed by atoms with Gasteiger partial charge in [0, 0.05) is 5.75 Å². The van der Waals surface area contributed by atoms with E-state index in [-0.39, 0.29) is 6.10 Å². The quantitative estimate of drug-likeness (QED) is 0.696. The molecule has 1 atom stereocenters. The van der Waals surface area contributed by atoms with Gasteiger partial charge in [0.1, 0.15) is 18.1 Å². The van der Waals surface area contributed by atoms with Gasteiger partial charge in [0.05, 0.1) is 0 Å². The van der Waals surface area contributed by atoms with Gasteiger partial charge in [0.25, 0.3) is 0 Å². The fourth-order valence-corrected chi connectivity index (χ4v) is 1.70. The summed E-state index contributed by atoms with van der Waals surface area (Å²) in [7, 11) is 0. The second-order valence-electron chi connectivity index (χ2n) is 2.90. The fraction of sp³-hybridized carbons (Fsp3) is 0.300. The summed E-state index contributed by atoms with van der Waals surface area (Å²) in [6.45, 7) is 0.520. The van der Waals surface area contributed by atoms with Crippen molar-refractivity contribution in [2.45, 2.75) is 6.10 Å². The Bertz CT molecular complexity index is 361. The van der Waals surface area contributed by atoms with Crippen molar-refractivity contribution in [1.82, 2.24) is 0 Å². The van der Waals surface area contributed by atoms with Crippen LogP contribution in [0.4, 0.5) is 0 Å². The van der Waals surface area contributed by atoms with Crippen molar-refractivity contribution in [3.05, 3.63) is 24.3 Å². The first-order chi connectivity index (χ1) is 6.90. The number of thioether (sulfide) groups is 1. The van der Waals surface area contributed by atoms with Crippen LogP contribution >= 0.6 is 11.8 Å². The average molecular weight is 207 g/mol. The molecule has 1 aliphatic rings. The highest BCUT2D eigenvalue weighted by Crippen LogP contribution is 2.31. The molecule has 0 radical (unpaired) electrons. The highest BCUT2D eigenvalue weighted by atomic mass is 32.2. The Balaban J connectivity index is 2.03. The molecule has 0 saturated heterocycles. The van der Waals surface area contributed by atoms with Gasteiger partial charge in [-0.1, -0.05) is 12.1 Å². The predicted molar refractivity (Wildman–Crippen MR) is 54.4 cm³/mol. The van der Waals surface area contributed by atoms with E-state index in [4.69, 9.17) is 14.7 Å². The number of fused-ring (bicyclic) bond motifs is 1. The van der Waals surface area contributed by atoms with E-state index >= 15 is 0 Å². The molecule has 2 rings (SSSR count). The van der Waals surface area contributed by atoms with Gasteiger partial charge in [-0.15, -0.1) is 0 Å². The summed E-state index contributed by atoms with van der Waals surface area (Å²) >= 11 is 1.19. The van der Waals surface area contributed by atoms with Crippen molar-refractivity contribution in [2.24, 2.45) is 0 Å². The molecule has 0 aromatic heterocycles. The van der Waals surface area contributed by atoms with Crippen LogP contribution in [0.2, 0.25) is 0 Å². The van der Waals surface area contributed by atoms with Crippen LogP contribution in [0.25, 0.3) is 0 Å². The molecule has 0 unspecified atom stereocenters. The molecule has 0 N–H and O–H groups in total. The number of rotatable bonds is 2. The summed E-state index contributed by atoms with van der Waals surface area (Å²) < 4.78 is 11.1. The minimum atomic E-state index is -0.0189. The summed E-state index contributed by atoms with van der Waals surface area (Å²) in [4.78, 5) is 0. The van der Waals surface area contributed by atoms with Crippen LogP contribution in [-0.4, -0.2) is 18.5 Å². The van der Waals surface area contributed by atoms with Crippen LogP contribution in [0.3, 0.4) is 0 Å². The third-order valence-corrected chi connectivity index (χ3v) is 2.57. The molecule has 0 amide bonds. The lowest BCUT2D eigenvalue weighted by atomic mass is 10.3. The molecule has 1 heterocycles. The molecule has 3 nitrogen and oxygen atoms in total. The van der Waals surface area contributed by atoms with Crippen molar-refractivity contribution in [1.29, 1.82) is 5.26 Å². The normalized spacial score (nSPS) is 18.6. The minimum Gasteiger partial charge on any atom is -0.486 e. The topological polar surface area (TPSA) is 42.2 Å². The highest BCUT2D eigenvalue weighted by Gasteiger charge is 2.20. The molecular weight excluding hydrogens is 198 g/mol. The van der Waals surface area contributed by atoms with Gasteiger partial charge in [0.2, 0.25) is 0 Å². The maximum atomic E-state index is 8.41. The van der Waals surface area contributed by atoms with Crippen molar-refractivity contribution >= 4 is 11.8 Å². The summed E-state index contributed by atoms with van der Waals surface area (Å²) in [5, 5.41) is 10.4. The summed E-state index contributed by atoms with van der Waals surface area (Å²) in [5.74, 6) is 2.19. The zero-order valence-electron chi connectivity index (χ0n) is 7.47. The number of benzene rings is 1. The highest BCUT2D eigenvalue weighted by molar-refractivity contribution is 8.03. The Kier molecular flexibility index (Phi) is 2.80. The molecule has 0 bridgehead atoms. The maximum Gasteiger partial charge on any atom is 0.161 e. The third kappa shape index (κ3) is 1.94. The van der Waals surface area contributed by atoms with Gasteiger partial charge < -0.3 is 9.47 Å². The first-order valence-corrected chi connectivity index (χ1v) is 5.28. The average Bonchev–Trinajstić information content (AvgIpc) is 2.26. The van der Waals surface area contributed by atoms with Gasteiger partial charge in [-0.05, 0) is 23.9 Å². The lowest BCUT2D eigenvalue weighted by Gasteiger charge is -2.25. The summed E-state index contributed by atoms with van der Waals surface area (Å²) in [6, 6.07) is 7.57. The standard InChI is InChI=1S/C10H9NO2S/c11-7-14-6-8-5-12-9-3-1-2-4-10(9)13-8/h1-4,8H,5-6H2/t8-/m1/s1. The van der Waals surface area contributed by atoms with E-state index in [1.54, 1.807) is 0 Å². The number of thiocyanates is 1. The van der Waals surface area contributed by atoms with Crippen molar-refractivity contribution in [3.63, 3.8) is 0 Å². The number of nitriles is 1. The zero-order chi connectivity index (χ0) is 9.80. The van der Waals surface area contributed by atoms with E-state index in [0.717, 1.165) is 11.5 Å². The number of ether oxygens (including phenoxy) is 2. The van der Waals surface area contributed by atoms with Gasteiger partial charge in [0.15, 0.2) is 11.5 Å². The van der Waals surface area contributed by atoms with E-state index in [9.17, 15) is 0 Å². The Morgan fingerprint density at radius 3 is 3.00 bits per heavy atom. The largest absolute Gasteiger partial charge is 0.486 e. The number of nitrogens with zero attached hydrogens (tertiary/aromatic N) is 1. The smallest absolute Gasteiger partial charge is 0.161 e. The van der Waals surface area contributed by atoms with Crippen LogP contribution in [0.1, 0.15) is 0 Å². The molecule has 72 valence electrons. The third-order valence-electron chi connectivity index (χ3n) is 1.90. The molecule has 0 fully saturated rings. The minimum absolute atomic E-state index is 0.0189. The lowest BCUT2D eigenvalue weighted by molar-refractivity contribution is 0.107. The number of para-hydroxylation sites is 2. The summed E-state index contributed by atoms with van der Waals surface area (Å²) in [5.41, 5.74) is 0. The lowest BCUT2D eigenvalue weighted by Crippen LogP contribution is -2.30. The Morgan fingerprint density at radius 1 is 1.43 bits per heavy atom. The maximum absolute atomic E-state index is 8.41. The molecule has 4 heteroatoms. The number of hydrogen-bond donors (Lipinski definition) is 0. The second kappa shape index (κ2) is 4.25. The molecule has 14 heavy (non-hydrogen) atoms. The Hall–Kier alpha value is -1.34. The van der Waals surface area contributed by atoms with Gasteiger partial charge in [-0.2, -0.15) is 5.26 Å². The predicted octanol–water partition coefficient (Wildman–Crippen LogP) is 2.04. The fourth-order valence-electron chi connectivity index (χ4n) is 1.28. The van der Waals surface area contributed by atoms with E-state index in [1.165, 1.54) is 11.8 Å². The summed E-state index contributed by atoms with van der Waals surface area (Å²) in [6.07, 6.45) is -0.0189. The van der Waals surface area contributed by atoms with Crippen molar-refractivity contribution in [2.75, 3.05) is 12.4 Å². The van der Waals surface area contributed by atoms with Gasteiger partial charge in [-0.25, -0.2) is 0 Å². The zero-order valence-corrected chi connectivity index (χ0v) is 8.29. The van der Waals surface area contributed by atoms with Gasteiger partial charge in [-0.3, -0.25) is 0 Å². The molecule has 1 aromatic rings. The van der Waals surface area contributed by atoms with Crippen LogP contribution in [0, 0.1) is 10.7 Å². The van der Waals surface area contributed by atoms with Crippen LogP contribution in [0.15, 0.2) is 24.3 Å². The van der Waals surface area contributed by atoms with E-state index in [0.29, 0.717) is 12.4 Å². The van der Waals surface area contributed by atoms with Crippen LogP contribution in [0.5, 0.6) is 11.5 Å².